The maximum absolute atomic E-state index is 13.7. The number of hydrogen-bond donors (Lipinski definition) is 4. The van der Waals surface area contributed by atoms with E-state index in [-0.39, 0.29) is 28.8 Å². The minimum absolute atomic E-state index is 0.200. The predicted molar refractivity (Wildman–Crippen MR) is 180 cm³/mol. The molecule has 4 aromatic rings. The Labute approximate surface area is 273 Å². The fourth-order valence-electron chi connectivity index (χ4n) is 5.77. The van der Waals surface area contributed by atoms with E-state index >= 15 is 0 Å². The third-order valence-corrected chi connectivity index (χ3v) is 8.12. The summed E-state index contributed by atoms with van der Waals surface area (Å²) in [7, 11) is 4.64. The summed E-state index contributed by atoms with van der Waals surface area (Å²) >= 11 is 0. The first-order valence-electron chi connectivity index (χ1n) is 15.4. The molecule has 5 rings (SSSR count). The summed E-state index contributed by atoms with van der Waals surface area (Å²) in [4.78, 5) is 43.8. The van der Waals surface area contributed by atoms with Gasteiger partial charge in [0.2, 0.25) is 23.0 Å². The molecule has 246 valence electrons. The zero-order valence-electron chi connectivity index (χ0n) is 27.6. The number of aromatic amines is 1. The third kappa shape index (κ3) is 6.91. The van der Waals surface area contributed by atoms with Crippen molar-refractivity contribution in [2.24, 2.45) is 0 Å². The van der Waals surface area contributed by atoms with Crippen molar-refractivity contribution in [1.82, 2.24) is 20.5 Å². The van der Waals surface area contributed by atoms with Crippen molar-refractivity contribution < 1.29 is 23.8 Å². The van der Waals surface area contributed by atoms with Gasteiger partial charge < -0.3 is 30.2 Å². The van der Waals surface area contributed by atoms with E-state index in [9.17, 15) is 14.4 Å². The zero-order chi connectivity index (χ0) is 33.8. The molecule has 0 saturated carbocycles. The molecule has 0 aliphatic heterocycles. The molecule has 0 bridgehead atoms. The first kappa shape index (κ1) is 33.0. The second-order valence-electron chi connectivity index (χ2n) is 11.7. The molecule has 47 heavy (non-hydrogen) atoms. The van der Waals surface area contributed by atoms with Gasteiger partial charge in [0.15, 0.2) is 17.3 Å². The molecule has 2 atom stereocenters. The monoisotopic (exact) mass is 640 g/mol. The molecule has 3 aromatic carbocycles. The van der Waals surface area contributed by atoms with Crippen molar-refractivity contribution in [2.75, 3.05) is 32.0 Å². The molecule has 12 heteroatoms. The van der Waals surface area contributed by atoms with E-state index in [2.05, 4.69) is 31.1 Å². The highest BCUT2D eigenvalue weighted by Gasteiger charge is 2.29. The lowest BCUT2D eigenvalue weighted by Crippen LogP contribution is -2.33. The molecule has 0 saturated heterocycles. The number of ether oxygens (including phenoxy) is 3. The fourth-order valence-corrected chi connectivity index (χ4v) is 5.77. The van der Waals surface area contributed by atoms with Crippen LogP contribution >= 0.6 is 0 Å². The molecule has 0 radical (unpaired) electrons. The number of nitrogens with one attached hydrogen (secondary N) is 4. The average Bonchev–Trinajstić information content (AvgIpc) is 3.45. The van der Waals surface area contributed by atoms with E-state index in [0.717, 1.165) is 22.5 Å². The van der Waals surface area contributed by atoms with Gasteiger partial charge in [-0.25, -0.2) is 4.98 Å². The van der Waals surface area contributed by atoms with E-state index < -0.39 is 12.1 Å². The lowest BCUT2D eigenvalue weighted by Gasteiger charge is -2.19. The molecule has 1 aromatic heterocycles. The van der Waals surface area contributed by atoms with Crippen molar-refractivity contribution in [3.63, 3.8) is 0 Å². The molecule has 1 aliphatic rings. The van der Waals surface area contributed by atoms with Crippen molar-refractivity contribution in [3.05, 3.63) is 75.7 Å². The Hall–Kier alpha value is -5.39. The normalized spacial score (nSPS) is 14.3. The first-order valence-corrected chi connectivity index (χ1v) is 15.4. The van der Waals surface area contributed by atoms with Gasteiger partial charge in [0.05, 0.1) is 33.1 Å². The number of nitrogens with zero attached hydrogens (tertiary/aromatic N) is 2. The minimum atomic E-state index is -0.776. The molecular weight excluding hydrogens is 600 g/mol. The number of amides is 2. The SMILES string of the molecule is COc1cc2c(c(OC)c1OC)-c1ccc(N[C@@H](C)C(=O)Nc3cccc(-c4n[nH]c(C(C)C)n4)c3)c(=O)cc1[C@@H](NC(C)=O)CC2. The van der Waals surface area contributed by atoms with Crippen LogP contribution < -0.4 is 35.6 Å². The van der Waals surface area contributed by atoms with Gasteiger partial charge >= 0.3 is 0 Å². The summed E-state index contributed by atoms with van der Waals surface area (Å²) in [5, 5.41) is 16.2. The van der Waals surface area contributed by atoms with E-state index in [1.165, 1.54) is 20.1 Å². The van der Waals surface area contributed by atoms with Crippen LogP contribution in [0.2, 0.25) is 0 Å². The summed E-state index contributed by atoms with van der Waals surface area (Å²) < 4.78 is 17.1. The molecule has 1 heterocycles. The standard InChI is InChI=1S/C35H40N6O6/c1-18(2)33-39-34(41-40-33)22-9-8-10-23(15-22)38-35(44)19(3)36-27-14-12-24-25(17-28(27)43)26(37-20(4)42)13-11-21-16-29(45-5)31(46-6)32(47-7)30(21)24/h8-10,12,14-19,26H,11,13H2,1-7H3,(H,36,43)(H,37,42)(H,38,44)(H,39,40,41)/t19-,26-/m0/s1. The Bertz CT molecular complexity index is 1870. The summed E-state index contributed by atoms with van der Waals surface area (Å²) in [5.41, 5.74) is 4.19. The smallest absolute Gasteiger partial charge is 0.246 e. The third-order valence-electron chi connectivity index (χ3n) is 8.12. The largest absolute Gasteiger partial charge is 0.493 e. The molecule has 2 amide bonds. The highest BCUT2D eigenvalue weighted by molar-refractivity contribution is 5.96. The second-order valence-corrected chi connectivity index (χ2v) is 11.7. The van der Waals surface area contributed by atoms with Crippen molar-refractivity contribution >= 4 is 23.2 Å². The van der Waals surface area contributed by atoms with Crippen LogP contribution in [-0.4, -0.2) is 54.4 Å². The second kappa shape index (κ2) is 13.9. The minimum Gasteiger partial charge on any atom is -0.493 e. The van der Waals surface area contributed by atoms with Gasteiger partial charge in [0.1, 0.15) is 11.9 Å². The van der Waals surface area contributed by atoms with Crippen LogP contribution in [-0.2, 0) is 16.0 Å². The van der Waals surface area contributed by atoms with E-state index in [4.69, 9.17) is 14.2 Å². The average molecular weight is 641 g/mol. The number of carbonyl (C=O) groups is 2. The number of benzene rings is 2. The molecular formula is C35H40N6O6. The van der Waals surface area contributed by atoms with Gasteiger partial charge in [0, 0.05) is 29.7 Å². The fraction of sp³-hybridized carbons (Fsp3) is 0.343. The molecule has 0 fully saturated rings. The van der Waals surface area contributed by atoms with Gasteiger partial charge in [-0.05, 0) is 66.8 Å². The van der Waals surface area contributed by atoms with E-state index in [1.807, 2.05) is 38.1 Å². The first-order chi connectivity index (χ1) is 22.5. The Morgan fingerprint density at radius 3 is 2.40 bits per heavy atom. The number of fused-ring (bicyclic) bond motifs is 3. The molecule has 0 spiro atoms. The summed E-state index contributed by atoms with van der Waals surface area (Å²) in [6.45, 7) is 7.17. The zero-order valence-corrected chi connectivity index (χ0v) is 27.6. The maximum atomic E-state index is 13.7. The van der Waals surface area contributed by atoms with E-state index in [1.54, 1.807) is 39.3 Å². The van der Waals surface area contributed by atoms with Crippen LogP contribution in [0.25, 0.3) is 22.5 Å². The maximum Gasteiger partial charge on any atom is 0.246 e. The van der Waals surface area contributed by atoms with Crippen LogP contribution in [0.5, 0.6) is 17.2 Å². The molecule has 4 N–H and O–H groups in total. The Balaban J connectivity index is 1.47. The van der Waals surface area contributed by atoms with Crippen molar-refractivity contribution in [3.8, 4) is 39.8 Å². The lowest BCUT2D eigenvalue weighted by molar-refractivity contribution is -0.119. The quantitative estimate of drug-likeness (QED) is 0.183. The number of hydrogen-bond acceptors (Lipinski definition) is 9. The number of H-pyrrole nitrogens is 1. The molecule has 0 unspecified atom stereocenters. The highest BCUT2D eigenvalue weighted by Crippen LogP contribution is 2.50. The Morgan fingerprint density at radius 1 is 0.979 bits per heavy atom. The van der Waals surface area contributed by atoms with Crippen LogP contribution in [0.15, 0.2) is 53.3 Å². The van der Waals surface area contributed by atoms with Gasteiger partial charge in [0.25, 0.3) is 0 Å². The van der Waals surface area contributed by atoms with E-state index in [0.29, 0.717) is 52.7 Å². The van der Waals surface area contributed by atoms with Crippen LogP contribution in [0.3, 0.4) is 0 Å². The van der Waals surface area contributed by atoms with Crippen LogP contribution in [0, 0.1) is 0 Å². The topological polar surface area (TPSA) is 157 Å². The summed E-state index contributed by atoms with van der Waals surface area (Å²) in [5.74, 6) is 2.35. The number of anilines is 2. The highest BCUT2D eigenvalue weighted by atomic mass is 16.5. The lowest BCUT2D eigenvalue weighted by atomic mass is 9.95. The Morgan fingerprint density at radius 2 is 1.74 bits per heavy atom. The molecule has 12 nitrogen and oxygen atoms in total. The molecule has 1 aliphatic carbocycles. The van der Waals surface area contributed by atoms with Gasteiger partial charge in [-0.15, -0.1) is 0 Å². The van der Waals surface area contributed by atoms with Crippen LogP contribution in [0.4, 0.5) is 11.4 Å². The number of aromatic nitrogens is 3. The summed E-state index contributed by atoms with van der Waals surface area (Å²) in [6.07, 6.45) is 1.12. The predicted octanol–water partition coefficient (Wildman–Crippen LogP) is 5.21. The van der Waals surface area contributed by atoms with Crippen LogP contribution in [0.1, 0.15) is 63.0 Å². The van der Waals surface area contributed by atoms with Crippen molar-refractivity contribution in [2.45, 2.75) is 58.5 Å². The van der Waals surface area contributed by atoms with Crippen molar-refractivity contribution in [1.29, 1.82) is 0 Å². The van der Waals surface area contributed by atoms with Gasteiger partial charge in [-0.1, -0.05) is 32.0 Å². The van der Waals surface area contributed by atoms with Gasteiger partial charge in [-0.2, -0.15) is 5.10 Å². The number of methoxy groups -OCH3 is 3. The summed E-state index contributed by atoms with van der Waals surface area (Å²) in [6, 6.07) is 12.9. The van der Waals surface area contributed by atoms with Gasteiger partial charge in [-0.3, -0.25) is 19.5 Å². The number of rotatable bonds is 10. The Kier molecular flexibility index (Phi) is 9.78. The number of carbonyl (C=O) groups excluding carboxylic acids is 2. The number of aryl methyl sites for hydroxylation is 1.